The summed E-state index contributed by atoms with van der Waals surface area (Å²) in [6.45, 7) is 0. The fourth-order valence-electron chi connectivity index (χ4n) is 2.89. The van der Waals surface area contributed by atoms with Crippen LogP contribution in [0.25, 0.3) is 0 Å². The Balaban J connectivity index is 1.61. The molecule has 0 heterocycles. The second-order valence-corrected chi connectivity index (χ2v) is 9.98. The minimum absolute atomic E-state index is 0.0490. The van der Waals surface area contributed by atoms with Crippen molar-refractivity contribution in [3.8, 4) is 0 Å². The highest BCUT2D eigenvalue weighted by Gasteiger charge is 2.13. The number of halogens is 2. The maximum Gasteiger partial charge on any atom is 0.255 e. The van der Waals surface area contributed by atoms with Gasteiger partial charge in [-0.05, 0) is 60.5 Å². The molecule has 2 amide bonds. The lowest BCUT2D eigenvalue weighted by Gasteiger charge is -2.11. The van der Waals surface area contributed by atoms with Crippen LogP contribution in [0.2, 0.25) is 10.0 Å². The number of carbonyl (C=O) groups excluding carboxylic acids is 2. The van der Waals surface area contributed by atoms with Crippen LogP contribution in [0.5, 0.6) is 0 Å². The van der Waals surface area contributed by atoms with Gasteiger partial charge in [-0.15, -0.1) is 0 Å². The van der Waals surface area contributed by atoms with E-state index in [2.05, 4.69) is 10.6 Å². The van der Waals surface area contributed by atoms with Crippen molar-refractivity contribution in [3.05, 3.63) is 87.9 Å². The van der Waals surface area contributed by atoms with E-state index in [1.54, 1.807) is 24.3 Å². The quantitative estimate of drug-likeness (QED) is 0.474. The zero-order chi connectivity index (χ0) is 23.3. The molecule has 0 fully saturated rings. The summed E-state index contributed by atoms with van der Waals surface area (Å²) in [7, 11) is -3.43. The number of anilines is 2. The predicted octanol–water partition coefficient (Wildman–Crippen LogP) is 5.22. The Labute approximate surface area is 196 Å². The number of rotatable bonds is 7. The zero-order valence-electron chi connectivity index (χ0n) is 17.1. The largest absolute Gasteiger partial charge is 0.326 e. The van der Waals surface area contributed by atoms with E-state index >= 15 is 0 Å². The van der Waals surface area contributed by atoms with Crippen LogP contribution in [0, 0.1) is 0 Å². The van der Waals surface area contributed by atoms with Gasteiger partial charge < -0.3 is 10.6 Å². The van der Waals surface area contributed by atoms with Gasteiger partial charge in [0.2, 0.25) is 5.91 Å². The van der Waals surface area contributed by atoms with Gasteiger partial charge in [0, 0.05) is 29.0 Å². The average molecular weight is 491 g/mol. The molecule has 0 saturated heterocycles. The van der Waals surface area contributed by atoms with Crippen LogP contribution >= 0.6 is 23.2 Å². The first-order valence-electron chi connectivity index (χ1n) is 9.57. The highest BCUT2D eigenvalue weighted by Crippen LogP contribution is 2.26. The van der Waals surface area contributed by atoms with Gasteiger partial charge in [0.15, 0.2) is 9.84 Å². The van der Waals surface area contributed by atoms with Gasteiger partial charge in [0.05, 0.1) is 15.6 Å². The fourth-order valence-corrected chi connectivity index (χ4v) is 3.91. The molecule has 2 N–H and O–H groups in total. The van der Waals surface area contributed by atoms with E-state index in [0.717, 1.165) is 11.8 Å². The van der Waals surface area contributed by atoms with E-state index in [1.807, 2.05) is 12.1 Å². The molecule has 0 atom stereocenters. The molecule has 9 heteroatoms. The Bertz CT molecular complexity index is 1260. The second kappa shape index (κ2) is 10.2. The van der Waals surface area contributed by atoms with Gasteiger partial charge in [0.1, 0.15) is 0 Å². The van der Waals surface area contributed by atoms with Crippen molar-refractivity contribution in [2.24, 2.45) is 0 Å². The third kappa shape index (κ3) is 6.56. The van der Waals surface area contributed by atoms with Crippen molar-refractivity contribution in [3.63, 3.8) is 0 Å². The van der Waals surface area contributed by atoms with Crippen LogP contribution in [0.4, 0.5) is 11.4 Å². The predicted molar refractivity (Wildman–Crippen MR) is 127 cm³/mol. The van der Waals surface area contributed by atoms with E-state index in [0.29, 0.717) is 22.8 Å². The van der Waals surface area contributed by atoms with Crippen LogP contribution < -0.4 is 10.6 Å². The first-order valence-corrected chi connectivity index (χ1v) is 12.2. The number of amides is 2. The van der Waals surface area contributed by atoms with Gasteiger partial charge in [-0.25, -0.2) is 8.42 Å². The topological polar surface area (TPSA) is 92.3 Å². The maximum atomic E-state index is 12.5. The summed E-state index contributed by atoms with van der Waals surface area (Å²) in [5.41, 5.74) is 2.01. The summed E-state index contributed by atoms with van der Waals surface area (Å²) in [6, 6.07) is 17.7. The Morgan fingerprint density at radius 1 is 0.906 bits per heavy atom. The molecule has 166 valence electrons. The number of nitrogens with one attached hydrogen (secondary N) is 2. The summed E-state index contributed by atoms with van der Waals surface area (Å²) < 4.78 is 23.4. The summed E-state index contributed by atoms with van der Waals surface area (Å²) in [5, 5.41) is 6.29. The zero-order valence-corrected chi connectivity index (χ0v) is 19.4. The lowest BCUT2D eigenvalue weighted by atomic mass is 10.1. The molecule has 0 aliphatic rings. The van der Waals surface area contributed by atoms with E-state index < -0.39 is 15.7 Å². The lowest BCUT2D eigenvalue weighted by molar-refractivity contribution is -0.116. The second-order valence-electron chi connectivity index (χ2n) is 7.12. The number of aryl methyl sites for hydroxylation is 1. The van der Waals surface area contributed by atoms with Crippen LogP contribution in [-0.2, 0) is 21.1 Å². The summed E-state index contributed by atoms with van der Waals surface area (Å²) in [6.07, 6.45) is 1.93. The van der Waals surface area contributed by atoms with Crippen LogP contribution in [0.15, 0.2) is 71.6 Å². The number of benzene rings is 3. The first kappa shape index (κ1) is 23.8. The molecule has 0 saturated carbocycles. The smallest absolute Gasteiger partial charge is 0.255 e. The van der Waals surface area contributed by atoms with Gasteiger partial charge in [0.25, 0.3) is 5.91 Å². The van der Waals surface area contributed by atoms with Crippen molar-refractivity contribution in [2.45, 2.75) is 17.7 Å². The van der Waals surface area contributed by atoms with Crippen molar-refractivity contribution < 1.29 is 18.0 Å². The molecule has 3 rings (SSSR count). The van der Waals surface area contributed by atoms with Crippen molar-refractivity contribution in [1.29, 1.82) is 0 Å². The highest BCUT2D eigenvalue weighted by atomic mass is 35.5. The Kier molecular flexibility index (Phi) is 7.56. The molecule has 0 radical (unpaired) electrons. The standard InChI is InChI=1S/C23H20Cl2N2O4S/c1-32(30,31)19-4-2-3-16(13-19)23(29)27-21-11-10-18(14-20(21)25)26-22(28)12-7-15-5-8-17(24)9-6-15/h2-6,8-11,13-14H,7,12H2,1H3,(H,26,28)(H,27,29). The van der Waals surface area contributed by atoms with Crippen molar-refractivity contribution in [2.75, 3.05) is 16.9 Å². The highest BCUT2D eigenvalue weighted by molar-refractivity contribution is 7.90. The number of hydrogen-bond acceptors (Lipinski definition) is 4. The molecule has 3 aromatic rings. The minimum atomic E-state index is -3.43. The summed E-state index contributed by atoms with van der Waals surface area (Å²) in [5.74, 6) is -0.678. The molecule has 0 spiro atoms. The minimum Gasteiger partial charge on any atom is -0.326 e. The van der Waals surface area contributed by atoms with E-state index in [9.17, 15) is 18.0 Å². The maximum absolute atomic E-state index is 12.5. The Morgan fingerprint density at radius 3 is 2.28 bits per heavy atom. The fraction of sp³-hybridized carbons (Fsp3) is 0.130. The first-order chi connectivity index (χ1) is 15.1. The molecular formula is C23H20Cl2N2O4S. The van der Waals surface area contributed by atoms with Crippen LogP contribution in [0.3, 0.4) is 0 Å². The molecule has 0 aliphatic heterocycles. The molecule has 3 aromatic carbocycles. The van der Waals surface area contributed by atoms with Gasteiger partial charge in [-0.2, -0.15) is 0 Å². The van der Waals surface area contributed by atoms with Crippen LogP contribution in [-0.4, -0.2) is 26.5 Å². The Morgan fingerprint density at radius 2 is 1.62 bits per heavy atom. The molecule has 0 aromatic heterocycles. The van der Waals surface area contributed by atoms with Gasteiger partial charge >= 0.3 is 0 Å². The molecule has 0 unspecified atom stereocenters. The molecule has 32 heavy (non-hydrogen) atoms. The SMILES string of the molecule is CS(=O)(=O)c1cccc(C(=O)Nc2ccc(NC(=O)CCc3ccc(Cl)cc3)cc2Cl)c1. The van der Waals surface area contributed by atoms with Gasteiger partial charge in [-0.3, -0.25) is 9.59 Å². The van der Waals surface area contributed by atoms with E-state index in [4.69, 9.17) is 23.2 Å². The molecule has 6 nitrogen and oxygen atoms in total. The number of sulfone groups is 1. The summed E-state index contributed by atoms with van der Waals surface area (Å²) in [4.78, 5) is 24.8. The third-order valence-electron chi connectivity index (χ3n) is 4.58. The number of carbonyl (C=O) groups is 2. The van der Waals surface area contributed by atoms with Crippen molar-refractivity contribution >= 4 is 56.2 Å². The van der Waals surface area contributed by atoms with Gasteiger partial charge in [-0.1, -0.05) is 41.4 Å². The molecule has 0 aliphatic carbocycles. The monoisotopic (exact) mass is 490 g/mol. The molecular weight excluding hydrogens is 471 g/mol. The third-order valence-corrected chi connectivity index (χ3v) is 6.25. The van der Waals surface area contributed by atoms with E-state index in [1.165, 1.54) is 30.3 Å². The number of hydrogen-bond donors (Lipinski definition) is 2. The Hall–Kier alpha value is -2.87. The normalized spacial score (nSPS) is 11.1. The van der Waals surface area contributed by atoms with E-state index in [-0.39, 0.29) is 27.8 Å². The average Bonchev–Trinajstić information content (AvgIpc) is 2.74. The van der Waals surface area contributed by atoms with Crippen molar-refractivity contribution in [1.82, 2.24) is 0 Å². The lowest BCUT2D eigenvalue weighted by Crippen LogP contribution is -2.14. The van der Waals surface area contributed by atoms with Crippen LogP contribution in [0.1, 0.15) is 22.3 Å². The molecule has 0 bridgehead atoms. The summed E-state index contributed by atoms with van der Waals surface area (Å²) >= 11 is 12.1.